The molecular formula is C19H24N4O3S. The molecule has 1 aliphatic heterocycles. The SMILES string of the molecule is O=C(C1CC1)N1CCN(CCn2sc(=O)n(Cc3ccccc3)c2=O)CC1. The van der Waals surface area contributed by atoms with Gasteiger partial charge in [0.05, 0.1) is 13.1 Å². The molecule has 1 saturated carbocycles. The van der Waals surface area contributed by atoms with Crippen LogP contribution in [0, 0.1) is 5.92 Å². The molecule has 0 spiro atoms. The lowest BCUT2D eigenvalue weighted by atomic mass is 10.2. The number of carbonyl (C=O) groups excluding carboxylic acids is 1. The molecule has 0 N–H and O–H groups in total. The van der Waals surface area contributed by atoms with Crippen molar-refractivity contribution < 1.29 is 4.79 Å². The largest absolute Gasteiger partial charge is 0.341 e. The highest BCUT2D eigenvalue weighted by Gasteiger charge is 2.34. The smallest absolute Gasteiger partial charge is 0.340 e. The van der Waals surface area contributed by atoms with Crippen molar-refractivity contribution in [1.29, 1.82) is 0 Å². The minimum absolute atomic E-state index is 0.219. The van der Waals surface area contributed by atoms with Crippen molar-refractivity contribution in [2.24, 2.45) is 5.92 Å². The topological polar surface area (TPSA) is 67.6 Å². The molecule has 0 bridgehead atoms. The van der Waals surface area contributed by atoms with Crippen LogP contribution in [0.5, 0.6) is 0 Å². The van der Waals surface area contributed by atoms with E-state index in [1.54, 1.807) is 3.96 Å². The van der Waals surface area contributed by atoms with E-state index in [-0.39, 0.29) is 16.5 Å². The third-order valence-corrected chi connectivity index (χ3v) is 6.20. The van der Waals surface area contributed by atoms with Crippen LogP contribution in [0.2, 0.25) is 0 Å². The van der Waals surface area contributed by atoms with Crippen molar-refractivity contribution in [2.75, 3.05) is 32.7 Å². The molecule has 1 saturated heterocycles. The van der Waals surface area contributed by atoms with Gasteiger partial charge in [-0.2, -0.15) is 0 Å². The predicted octanol–water partition coefficient (Wildman–Crippen LogP) is 0.674. The Hall–Kier alpha value is -2.19. The molecule has 144 valence electrons. The van der Waals surface area contributed by atoms with E-state index in [1.807, 2.05) is 35.2 Å². The number of hydrogen-bond donors (Lipinski definition) is 0. The van der Waals surface area contributed by atoms with Crippen molar-refractivity contribution in [1.82, 2.24) is 18.3 Å². The average Bonchev–Trinajstić information content (AvgIpc) is 3.51. The van der Waals surface area contributed by atoms with Crippen molar-refractivity contribution in [3.63, 3.8) is 0 Å². The number of benzene rings is 1. The van der Waals surface area contributed by atoms with Crippen LogP contribution in [0.1, 0.15) is 18.4 Å². The molecule has 2 heterocycles. The van der Waals surface area contributed by atoms with E-state index >= 15 is 0 Å². The van der Waals surface area contributed by atoms with Crippen LogP contribution in [-0.4, -0.2) is 57.0 Å². The second-order valence-corrected chi connectivity index (χ2v) is 8.23. The second-order valence-electron chi connectivity index (χ2n) is 7.25. The van der Waals surface area contributed by atoms with Crippen molar-refractivity contribution in [3.05, 3.63) is 56.0 Å². The molecule has 0 atom stereocenters. The lowest BCUT2D eigenvalue weighted by molar-refractivity contribution is -0.134. The Bertz CT molecular complexity index is 905. The maximum absolute atomic E-state index is 12.6. The second kappa shape index (κ2) is 7.82. The molecular weight excluding hydrogens is 364 g/mol. The van der Waals surface area contributed by atoms with E-state index in [4.69, 9.17) is 0 Å². The predicted molar refractivity (Wildman–Crippen MR) is 104 cm³/mol. The highest BCUT2D eigenvalue weighted by Crippen LogP contribution is 2.31. The van der Waals surface area contributed by atoms with Gasteiger partial charge in [-0.3, -0.25) is 14.5 Å². The van der Waals surface area contributed by atoms with E-state index in [0.29, 0.717) is 19.0 Å². The zero-order valence-electron chi connectivity index (χ0n) is 15.2. The number of rotatable bonds is 6. The van der Waals surface area contributed by atoms with Crippen LogP contribution >= 0.6 is 11.5 Å². The van der Waals surface area contributed by atoms with Gasteiger partial charge in [0.15, 0.2) is 0 Å². The van der Waals surface area contributed by atoms with Gasteiger partial charge in [-0.05, 0) is 18.4 Å². The molecule has 1 aliphatic carbocycles. The van der Waals surface area contributed by atoms with Crippen LogP contribution in [0.3, 0.4) is 0 Å². The molecule has 4 rings (SSSR count). The van der Waals surface area contributed by atoms with Gasteiger partial charge in [-0.1, -0.05) is 30.3 Å². The minimum atomic E-state index is -0.239. The summed E-state index contributed by atoms with van der Waals surface area (Å²) in [6.45, 7) is 4.71. The van der Waals surface area contributed by atoms with Gasteiger partial charge in [0, 0.05) is 50.2 Å². The quantitative estimate of drug-likeness (QED) is 0.730. The first-order valence-electron chi connectivity index (χ1n) is 9.48. The van der Waals surface area contributed by atoms with Crippen LogP contribution in [0.4, 0.5) is 0 Å². The third kappa shape index (κ3) is 4.22. The molecule has 2 aromatic rings. The molecule has 1 aromatic carbocycles. The molecule has 0 radical (unpaired) electrons. The maximum atomic E-state index is 12.6. The standard InChI is InChI=1S/C19H24N4O3S/c24-17(16-6-7-16)21-11-8-20(9-12-21)10-13-23-18(25)22(19(26)27-23)14-15-4-2-1-3-5-15/h1-5,16H,6-14H2. The monoisotopic (exact) mass is 388 g/mol. The van der Waals surface area contributed by atoms with E-state index in [0.717, 1.165) is 62.7 Å². The highest BCUT2D eigenvalue weighted by molar-refractivity contribution is 7.03. The van der Waals surface area contributed by atoms with Crippen LogP contribution in [-0.2, 0) is 17.9 Å². The number of nitrogens with zero attached hydrogens (tertiary/aromatic N) is 4. The van der Waals surface area contributed by atoms with Gasteiger partial charge in [-0.25, -0.2) is 13.3 Å². The summed E-state index contributed by atoms with van der Waals surface area (Å²) in [5.74, 6) is 0.582. The Morgan fingerprint density at radius 1 is 1.00 bits per heavy atom. The zero-order valence-corrected chi connectivity index (χ0v) is 16.1. The van der Waals surface area contributed by atoms with Crippen LogP contribution < -0.4 is 10.6 Å². The van der Waals surface area contributed by atoms with Crippen molar-refractivity contribution >= 4 is 17.4 Å². The fraction of sp³-hybridized carbons (Fsp3) is 0.526. The Morgan fingerprint density at radius 2 is 1.70 bits per heavy atom. The molecule has 8 heteroatoms. The molecule has 0 unspecified atom stereocenters. The maximum Gasteiger partial charge on any atom is 0.341 e. The fourth-order valence-corrected chi connectivity index (χ4v) is 4.23. The molecule has 7 nitrogen and oxygen atoms in total. The summed E-state index contributed by atoms with van der Waals surface area (Å²) in [5, 5.41) is 0. The summed E-state index contributed by atoms with van der Waals surface area (Å²) in [6, 6.07) is 9.54. The summed E-state index contributed by atoms with van der Waals surface area (Å²) in [4.78, 5) is 40.9. The van der Waals surface area contributed by atoms with Crippen molar-refractivity contribution in [3.8, 4) is 0 Å². The number of hydrogen-bond acceptors (Lipinski definition) is 5. The summed E-state index contributed by atoms with van der Waals surface area (Å²) in [6.07, 6.45) is 2.09. The van der Waals surface area contributed by atoms with Gasteiger partial charge in [0.25, 0.3) is 0 Å². The van der Waals surface area contributed by atoms with Crippen LogP contribution in [0.25, 0.3) is 0 Å². The lowest BCUT2D eigenvalue weighted by Crippen LogP contribution is -2.50. The zero-order chi connectivity index (χ0) is 18.8. The third-order valence-electron chi connectivity index (χ3n) is 5.27. The number of carbonyl (C=O) groups is 1. The minimum Gasteiger partial charge on any atom is -0.340 e. The number of piperazine rings is 1. The Balaban J connectivity index is 1.32. The molecule has 2 fully saturated rings. The molecule has 2 aliphatic rings. The van der Waals surface area contributed by atoms with Gasteiger partial charge < -0.3 is 4.90 Å². The van der Waals surface area contributed by atoms with Gasteiger partial charge in [0.1, 0.15) is 0 Å². The average molecular weight is 388 g/mol. The van der Waals surface area contributed by atoms with E-state index < -0.39 is 0 Å². The van der Waals surface area contributed by atoms with Gasteiger partial charge in [-0.15, -0.1) is 0 Å². The summed E-state index contributed by atoms with van der Waals surface area (Å²) in [7, 11) is 0. The van der Waals surface area contributed by atoms with Crippen LogP contribution in [0.15, 0.2) is 39.9 Å². The van der Waals surface area contributed by atoms with Gasteiger partial charge in [0.2, 0.25) is 5.91 Å². The number of amides is 1. The summed E-state index contributed by atoms with van der Waals surface area (Å²) in [5.41, 5.74) is 0.703. The lowest BCUT2D eigenvalue weighted by Gasteiger charge is -2.34. The summed E-state index contributed by atoms with van der Waals surface area (Å²) >= 11 is 0.987. The molecule has 1 aromatic heterocycles. The number of aromatic nitrogens is 2. The Labute approximate surface area is 161 Å². The Kier molecular flexibility index (Phi) is 5.27. The highest BCUT2D eigenvalue weighted by atomic mass is 32.1. The van der Waals surface area contributed by atoms with E-state index in [2.05, 4.69) is 4.90 Å². The summed E-state index contributed by atoms with van der Waals surface area (Å²) < 4.78 is 2.85. The first kappa shape index (κ1) is 18.2. The molecule has 1 amide bonds. The first-order valence-corrected chi connectivity index (χ1v) is 10.2. The first-order chi connectivity index (χ1) is 13.1. The van der Waals surface area contributed by atoms with Crippen molar-refractivity contribution in [2.45, 2.75) is 25.9 Å². The van der Waals surface area contributed by atoms with E-state index in [9.17, 15) is 14.4 Å². The molecule has 27 heavy (non-hydrogen) atoms. The van der Waals surface area contributed by atoms with E-state index in [1.165, 1.54) is 4.57 Å². The normalized spacial score (nSPS) is 18.0. The Morgan fingerprint density at radius 3 is 2.37 bits per heavy atom. The van der Waals surface area contributed by atoms with Gasteiger partial charge >= 0.3 is 10.6 Å². The fourth-order valence-electron chi connectivity index (χ4n) is 3.45.